The van der Waals surface area contributed by atoms with Crippen molar-refractivity contribution in [3.05, 3.63) is 29.3 Å². The molecule has 0 saturated heterocycles. The van der Waals surface area contributed by atoms with E-state index in [-0.39, 0.29) is 18.5 Å². The molecule has 1 unspecified atom stereocenters. The van der Waals surface area contributed by atoms with E-state index in [1.807, 2.05) is 37.1 Å². The Morgan fingerprint density at radius 1 is 1.53 bits per heavy atom. The quantitative estimate of drug-likeness (QED) is 0.898. The number of likely N-dealkylation sites (N-methyl/N-ethyl adjacent to an activating group) is 1. The van der Waals surface area contributed by atoms with Crippen LogP contribution < -0.4 is 5.73 Å². The van der Waals surface area contributed by atoms with Crippen molar-refractivity contribution in [2.45, 2.75) is 13.0 Å². The third-order valence-electron chi connectivity index (χ3n) is 2.73. The molecule has 0 bridgehead atoms. The monoisotopic (exact) mass is 249 g/mol. The number of para-hydroxylation sites is 1. The molecule has 0 fully saturated rings. The fourth-order valence-electron chi connectivity index (χ4n) is 1.64. The summed E-state index contributed by atoms with van der Waals surface area (Å²) < 4.78 is 1.17. The SMILES string of the molecule is CC(c1nc2ccccc2s1)N(C)CC(N)=O. The van der Waals surface area contributed by atoms with E-state index in [2.05, 4.69) is 11.1 Å². The molecule has 0 aliphatic carbocycles. The highest BCUT2D eigenvalue weighted by Crippen LogP contribution is 2.28. The van der Waals surface area contributed by atoms with Crippen LogP contribution in [0.5, 0.6) is 0 Å². The van der Waals surface area contributed by atoms with Crippen LogP contribution in [0.3, 0.4) is 0 Å². The number of carbonyl (C=O) groups is 1. The normalized spacial score (nSPS) is 13.1. The van der Waals surface area contributed by atoms with Crippen molar-refractivity contribution in [1.29, 1.82) is 0 Å². The fraction of sp³-hybridized carbons (Fsp3) is 0.333. The number of thiazole rings is 1. The van der Waals surface area contributed by atoms with E-state index in [4.69, 9.17) is 5.73 Å². The van der Waals surface area contributed by atoms with Gasteiger partial charge in [-0.3, -0.25) is 9.69 Å². The predicted octanol–water partition coefficient (Wildman–Crippen LogP) is 1.77. The van der Waals surface area contributed by atoms with Crippen LogP contribution in [0.15, 0.2) is 24.3 Å². The van der Waals surface area contributed by atoms with E-state index in [0.29, 0.717) is 0 Å². The summed E-state index contributed by atoms with van der Waals surface area (Å²) in [4.78, 5) is 17.3. The van der Waals surface area contributed by atoms with Crippen LogP contribution in [-0.2, 0) is 4.79 Å². The molecule has 1 aromatic heterocycles. The van der Waals surface area contributed by atoms with Crippen LogP contribution in [0.1, 0.15) is 18.0 Å². The molecule has 0 spiro atoms. The summed E-state index contributed by atoms with van der Waals surface area (Å²) in [5, 5.41) is 1.01. The number of primary amides is 1. The lowest BCUT2D eigenvalue weighted by molar-refractivity contribution is -0.119. The molecule has 90 valence electrons. The zero-order valence-corrected chi connectivity index (χ0v) is 10.7. The topological polar surface area (TPSA) is 59.2 Å². The first-order chi connectivity index (χ1) is 8.08. The molecule has 17 heavy (non-hydrogen) atoms. The number of benzene rings is 1. The molecule has 4 nitrogen and oxygen atoms in total. The fourth-order valence-corrected chi connectivity index (χ4v) is 2.72. The summed E-state index contributed by atoms with van der Waals surface area (Å²) >= 11 is 1.66. The molecule has 5 heteroatoms. The number of hydrogen-bond donors (Lipinski definition) is 1. The number of rotatable bonds is 4. The lowest BCUT2D eigenvalue weighted by atomic mass is 10.3. The summed E-state index contributed by atoms with van der Waals surface area (Å²) in [5.41, 5.74) is 6.19. The minimum atomic E-state index is -0.319. The second kappa shape index (κ2) is 4.81. The lowest BCUT2D eigenvalue weighted by Crippen LogP contribution is -2.32. The highest BCUT2D eigenvalue weighted by molar-refractivity contribution is 7.18. The van der Waals surface area contributed by atoms with Gasteiger partial charge < -0.3 is 5.73 Å². The van der Waals surface area contributed by atoms with Crippen LogP contribution in [0.4, 0.5) is 0 Å². The van der Waals surface area contributed by atoms with Gasteiger partial charge in [0.15, 0.2) is 0 Å². The molecule has 1 atom stereocenters. The average Bonchev–Trinajstić information content (AvgIpc) is 2.70. The van der Waals surface area contributed by atoms with Crippen molar-refractivity contribution in [3.63, 3.8) is 0 Å². The van der Waals surface area contributed by atoms with Crippen LogP contribution in [-0.4, -0.2) is 29.4 Å². The van der Waals surface area contributed by atoms with Gasteiger partial charge in [-0.1, -0.05) is 12.1 Å². The summed E-state index contributed by atoms with van der Waals surface area (Å²) in [7, 11) is 1.88. The Kier molecular flexibility index (Phi) is 3.40. The number of amides is 1. The summed E-state index contributed by atoms with van der Waals surface area (Å²) in [6, 6.07) is 8.12. The van der Waals surface area contributed by atoms with Crippen molar-refractivity contribution in [3.8, 4) is 0 Å². The highest BCUT2D eigenvalue weighted by Gasteiger charge is 2.17. The van der Waals surface area contributed by atoms with Gasteiger partial charge >= 0.3 is 0 Å². The van der Waals surface area contributed by atoms with Crippen molar-refractivity contribution in [2.24, 2.45) is 5.73 Å². The second-order valence-electron chi connectivity index (χ2n) is 4.08. The second-order valence-corrected chi connectivity index (χ2v) is 5.14. The molecular weight excluding hydrogens is 234 g/mol. The zero-order valence-electron chi connectivity index (χ0n) is 9.88. The van der Waals surface area contributed by atoms with Gasteiger partial charge in [0.25, 0.3) is 0 Å². The smallest absolute Gasteiger partial charge is 0.231 e. The van der Waals surface area contributed by atoms with Crippen LogP contribution in [0, 0.1) is 0 Å². The molecule has 2 aromatic rings. The predicted molar refractivity (Wildman–Crippen MR) is 69.9 cm³/mol. The molecule has 1 aromatic carbocycles. The molecule has 0 aliphatic rings. The highest BCUT2D eigenvalue weighted by atomic mass is 32.1. The van der Waals surface area contributed by atoms with Crippen molar-refractivity contribution in [1.82, 2.24) is 9.88 Å². The third-order valence-corrected chi connectivity index (χ3v) is 3.94. The average molecular weight is 249 g/mol. The van der Waals surface area contributed by atoms with Gasteiger partial charge in [-0.2, -0.15) is 0 Å². The lowest BCUT2D eigenvalue weighted by Gasteiger charge is -2.20. The molecule has 2 N–H and O–H groups in total. The number of nitrogens with zero attached hydrogens (tertiary/aromatic N) is 2. The van der Waals surface area contributed by atoms with E-state index in [9.17, 15) is 4.79 Å². The van der Waals surface area contributed by atoms with Crippen molar-refractivity contribution < 1.29 is 4.79 Å². The molecule has 0 saturated carbocycles. The van der Waals surface area contributed by atoms with E-state index in [1.54, 1.807) is 11.3 Å². The van der Waals surface area contributed by atoms with Gasteiger partial charge in [0.2, 0.25) is 5.91 Å². The third kappa shape index (κ3) is 2.62. The van der Waals surface area contributed by atoms with Gasteiger partial charge in [0, 0.05) is 0 Å². The Bertz CT molecular complexity index is 504. The first kappa shape index (κ1) is 12.0. The Hall–Kier alpha value is -1.46. The number of carbonyl (C=O) groups excluding carboxylic acids is 1. The molecule has 1 heterocycles. The van der Waals surface area contributed by atoms with Crippen LogP contribution >= 0.6 is 11.3 Å². The Morgan fingerprint density at radius 3 is 2.88 bits per heavy atom. The first-order valence-electron chi connectivity index (χ1n) is 5.42. The Labute approximate surface area is 104 Å². The van der Waals surface area contributed by atoms with Gasteiger partial charge in [-0.05, 0) is 26.1 Å². The van der Waals surface area contributed by atoms with Crippen LogP contribution in [0.2, 0.25) is 0 Å². The standard InChI is InChI=1S/C12H15N3OS/c1-8(15(2)7-11(13)16)12-14-9-5-3-4-6-10(9)17-12/h3-6,8H,7H2,1-2H3,(H2,13,16). The van der Waals surface area contributed by atoms with E-state index < -0.39 is 0 Å². The molecule has 1 amide bonds. The number of hydrogen-bond acceptors (Lipinski definition) is 4. The molecule has 0 radical (unpaired) electrons. The first-order valence-corrected chi connectivity index (χ1v) is 6.23. The van der Waals surface area contributed by atoms with Gasteiger partial charge in [-0.25, -0.2) is 4.98 Å². The van der Waals surface area contributed by atoms with Gasteiger partial charge in [-0.15, -0.1) is 11.3 Å². The summed E-state index contributed by atoms with van der Waals surface area (Å²) in [6.07, 6.45) is 0. The maximum Gasteiger partial charge on any atom is 0.231 e. The number of aromatic nitrogens is 1. The van der Waals surface area contributed by atoms with Gasteiger partial charge in [0.1, 0.15) is 5.01 Å². The molecule has 0 aliphatic heterocycles. The van der Waals surface area contributed by atoms with Crippen LogP contribution in [0.25, 0.3) is 10.2 Å². The number of fused-ring (bicyclic) bond motifs is 1. The van der Waals surface area contributed by atoms with Crippen molar-refractivity contribution >= 4 is 27.5 Å². The summed E-state index contributed by atoms with van der Waals surface area (Å²) in [5.74, 6) is -0.319. The largest absolute Gasteiger partial charge is 0.369 e. The van der Waals surface area contributed by atoms with E-state index in [1.165, 1.54) is 4.70 Å². The minimum Gasteiger partial charge on any atom is -0.369 e. The molecule has 2 rings (SSSR count). The molecular formula is C12H15N3OS. The Balaban J connectivity index is 2.24. The van der Waals surface area contributed by atoms with Crippen molar-refractivity contribution in [2.75, 3.05) is 13.6 Å². The maximum atomic E-state index is 10.9. The van der Waals surface area contributed by atoms with Gasteiger partial charge in [0.05, 0.1) is 22.8 Å². The maximum absolute atomic E-state index is 10.9. The summed E-state index contributed by atoms with van der Waals surface area (Å²) in [6.45, 7) is 2.28. The van der Waals surface area contributed by atoms with E-state index >= 15 is 0 Å². The zero-order chi connectivity index (χ0) is 12.4. The minimum absolute atomic E-state index is 0.0971. The number of nitrogens with two attached hydrogens (primary N) is 1. The van der Waals surface area contributed by atoms with E-state index in [0.717, 1.165) is 10.5 Å². The Morgan fingerprint density at radius 2 is 2.24 bits per heavy atom.